The van der Waals surface area contributed by atoms with Crippen LogP contribution in [0, 0.1) is 0 Å². The van der Waals surface area contributed by atoms with Crippen LogP contribution in [0.4, 0.5) is 8.78 Å². The van der Waals surface area contributed by atoms with E-state index >= 15 is 0 Å². The molecule has 20 heavy (non-hydrogen) atoms. The minimum Gasteiger partial charge on any atom is -0.479 e. The van der Waals surface area contributed by atoms with Gasteiger partial charge < -0.3 is 14.9 Å². The molecule has 1 aromatic rings. The fourth-order valence-corrected chi connectivity index (χ4v) is 1.74. The zero-order valence-electron chi connectivity index (χ0n) is 10.1. The molecule has 0 spiro atoms. The normalized spacial score (nSPS) is 12.2. The molecule has 5 nitrogen and oxygen atoms in total. The summed E-state index contributed by atoms with van der Waals surface area (Å²) >= 11 is 5.40. The van der Waals surface area contributed by atoms with Crippen molar-refractivity contribution < 1.29 is 33.3 Å². The second-order valence-electron chi connectivity index (χ2n) is 3.71. The number of aliphatic hydroxyl groups is 1. The van der Waals surface area contributed by atoms with E-state index in [0.29, 0.717) is 0 Å². The number of halogens is 3. The molecule has 0 aromatic heterocycles. The van der Waals surface area contributed by atoms with E-state index in [1.165, 1.54) is 12.1 Å². The Labute approximate surface area is 117 Å². The Hall–Kier alpha value is -1.73. The molecule has 2 N–H and O–H groups in total. The number of ketones is 1. The van der Waals surface area contributed by atoms with E-state index in [4.69, 9.17) is 16.7 Å². The molecule has 1 atom stereocenters. The predicted molar refractivity (Wildman–Crippen MR) is 65.3 cm³/mol. The van der Waals surface area contributed by atoms with Crippen molar-refractivity contribution in [3.63, 3.8) is 0 Å². The van der Waals surface area contributed by atoms with Crippen LogP contribution in [0.5, 0.6) is 5.75 Å². The van der Waals surface area contributed by atoms with Crippen LogP contribution in [-0.4, -0.2) is 34.5 Å². The number of alkyl halides is 3. The van der Waals surface area contributed by atoms with Crippen molar-refractivity contribution in [3.8, 4) is 5.75 Å². The van der Waals surface area contributed by atoms with Crippen LogP contribution in [0.2, 0.25) is 0 Å². The SMILES string of the molecule is O=C(CCCl)c1cccc(C(O)C(=O)O)c1OC(F)F. The first kappa shape index (κ1) is 16.3. The van der Waals surface area contributed by atoms with Gasteiger partial charge in [-0.15, -0.1) is 11.6 Å². The van der Waals surface area contributed by atoms with Crippen LogP contribution in [0.25, 0.3) is 0 Å². The van der Waals surface area contributed by atoms with Gasteiger partial charge >= 0.3 is 12.6 Å². The van der Waals surface area contributed by atoms with E-state index in [1.54, 1.807) is 0 Å². The maximum Gasteiger partial charge on any atom is 0.387 e. The summed E-state index contributed by atoms with van der Waals surface area (Å²) in [5.41, 5.74) is -0.665. The van der Waals surface area contributed by atoms with Crippen LogP contribution < -0.4 is 4.74 Å². The first-order valence-corrected chi connectivity index (χ1v) is 5.99. The number of Topliss-reactive ketones (excluding diaryl/α,β-unsaturated/α-hetero) is 1. The molecule has 8 heteroatoms. The second-order valence-corrected chi connectivity index (χ2v) is 4.08. The lowest BCUT2D eigenvalue weighted by Gasteiger charge is -2.16. The molecule has 0 saturated heterocycles. The molecule has 0 fully saturated rings. The van der Waals surface area contributed by atoms with Gasteiger partial charge in [0, 0.05) is 17.9 Å². The highest BCUT2D eigenvalue weighted by molar-refractivity contribution is 6.19. The number of hydrogen-bond acceptors (Lipinski definition) is 4. The lowest BCUT2D eigenvalue weighted by molar-refractivity contribution is -0.147. The Morgan fingerprint density at radius 1 is 1.35 bits per heavy atom. The number of ether oxygens (including phenoxy) is 1. The summed E-state index contributed by atoms with van der Waals surface area (Å²) in [6.07, 6.45) is -2.21. The average Bonchev–Trinajstić information content (AvgIpc) is 2.37. The van der Waals surface area contributed by atoms with Gasteiger partial charge in [0.1, 0.15) is 5.75 Å². The number of carboxylic acid groups (broad SMARTS) is 1. The molecule has 1 aromatic carbocycles. The quantitative estimate of drug-likeness (QED) is 0.596. The summed E-state index contributed by atoms with van der Waals surface area (Å²) < 4.78 is 29.0. The van der Waals surface area contributed by atoms with Crippen molar-refractivity contribution in [1.82, 2.24) is 0 Å². The Bertz CT molecular complexity index is 507. The fraction of sp³-hybridized carbons (Fsp3) is 0.333. The Morgan fingerprint density at radius 3 is 2.50 bits per heavy atom. The third-order valence-electron chi connectivity index (χ3n) is 2.40. The Morgan fingerprint density at radius 2 is 2.00 bits per heavy atom. The number of rotatable bonds is 7. The Balaban J connectivity index is 3.33. The van der Waals surface area contributed by atoms with E-state index in [2.05, 4.69) is 4.74 Å². The van der Waals surface area contributed by atoms with Crippen molar-refractivity contribution in [2.24, 2.45) is 0 Å². The smallest absolute Gasteiger partial charge is 0.387 e. The fourth-order valence-electron chi connectivity index (χ4n) is 1.56. The van der Waals surface area contributed by atoms with Crippen LogP contribution in [0.15, 0.2) is 18.2 Å². The molecule has 0 aliphatic carbocycles. The van der Waals surface area contributed by atoms with Gasteiger partial charge in [0.25, 0.3) is 0 Å². The molecule has 110 valence electrons. The third kappa shape index (κ3) is 3.88. The summed E-state index contributed by atoms with van der Waals surface area (Å²) in [7, 11) is 0. The summed E-state index contributed by atoms with van der Waals surface area (Å²) in [4.78, 5) is 22.5. The van der Waals surface area contributed by atoms with E-state index in [-0.39, 0.29) is 17.9 Å². The van der Waals surface area contributed by atoms with Crippen molar-refractivity contribution in [3.05, 3.63) is 29.3 Å². The number of aliphatic hydroxyl groups excluding tert-OH is 1. The predicted octanol–water partition coefficient (Wildman–Crippen LogP) is 2.22. The first-order chi connectivity index (χ1) is 9.38. The van der Waals surface area contributed by atoms with Crippen molar-refractivity contribution in [1.29, 1.82) is 0 Å². The molecule has 0 aliphatic heterocycles. The molecular weight excluding hydrogens is 298 g/mol. The van der Waals surface area contributed by atoms with Gasteiger partial charge in [0.15, 0.2) is 11.9 Å². The van der Waals surface area contributed by atoms with Gasteiger partial charge in [-0.25, -0.2) is 4.79 Å². The minimum absolute atomic E-state index is 0.0291. The van der Waals surface area contributed by atoms with Crippen molar-refractivity contribution in [2.45, 2.75) is 19.1 Å². The molecule has 1 rings (SSSR count). The van der Waals surface area contributed by atoms with Crippen LogP contribution in [0.3, 0.4) is 0 Å². The van der Waals surface area contributed by atoms with Gasteiger partial charge in [-0.2, -0.15) is 8.78 Å². The van der Waals surface area contributed by atoms with E-state index < -0.39 is 35.8 Å². The van der Waals surface area contributed by atoms with Gasteiger partial charge in [0.05, 0.1) is 5.56 Å². The van der Waals surface area contributed by atoms with E-state index in [9.17, 15) is 23.5 Å². The number of carbonyl (C=O) groups is 2. The number of para-hydroxylation sites is 1. The molecule has 0 radical (unpaired) electrons. The van der Waals surface area contributed by atoms with Crippen molar-refractivity contribution >= 4 is 23.4 Å². The monoisotopic (exact) mass is 308 g/mol. The van der Waals surface area contributed by atoms with E-state index in [1.807, 2.05) is 0 Å². The number of hydrogen-bond donors (Lipinski definition) is 2. The van der Waals surface area contributed by atoms with Crippen LogP contribution in [-0.2, 0) is 4.79 Å². The maximum atomic E-state index is 12.4. The van der Waals surface area contributed by atoms with E-state index in [0.717, 1.165) is 6.07 Å². The van der Waals surface area contributed by atoms with Gasteiger partial charge in [0.2, 0.25) is 0 Å². The van der Waals surface area contributed by atoms with Gasteiger partial charge in [-0.05, 0) is 6.07 Å². The summed E-state index contributed by atoms with van der Waals surface area (Å²) in [6.45, 7) is -3.26. The zero-order chi connectivity index (χ0) is 15.3. The Kier molecular flexibility index (Phi) is 5.84. The number of aliphatic carboxylic acids is 1. The highest BCUT2D eigenvalue weighted by Crippen LogP contribution is 2.31. The van der Waals surface area contributed by atoms with Crippen molar-refractivity contribution in [2.75, 3.05) is 5.88 Å². The highest BCUT2D eigenvalue weighted by atomic mass is 35.5. The minimum atomic E-state index is -3.26. The molecule has 0 heterocycles. The molecule has 0 amide bonds. The standard InChI is InChI=1S/C12H11ClF2O5/c13-5-4-8(16)6-2-1-3-7(9(17)11(18)19)10(6)20-12(14)15/h1-3,9,12,17H,4-5H2,(H,18,19). The lowest BCUT2D eigenvalue weighted by atomic mass is 10.0. The van der Waals surface area contributed by atoms with Gasteiger partial charge in [-0.3, -0.25) is 4.79 Å². The second kappa shape index (κ2) is 7.16. The molecular formula is C12H11ClF2O5. The number of benzene rings is 1. The summed E-state index contributed by atoms with van der Waals surface area (Å²) in [6, 6.07) is 3.56. The average molecular weight is 309 g/mol. The number of carbonyl (C=O) groups excluding carboxylic acids is 1. The molecule has 1 unspecified atom stereocenters. The third-order valence-corrected chi connectivity index (χ3v) is 2.59. The van der Waals surface area contributed by atoms with Gasteiger partial charge in [-0.1, -0.05) is 12.1 Å². The summed E-state index contributed by atoms with van der Waals surface area (Å²) in [5.74, 6) is -2.91. The topological polar surface area (TPSA) is 83.8 Å². The lowest BCUT2D eigenvalue weighted by Crippen LogP contribution is -2.16. The molecule has 0 bridgehead atoms. The largest absolute Gasteiger partial charge is 0.479 e. The molecule has 0 saturated carbocycles. The highest BCUT2D eigenvalue weighted by Gasteiger charge is 2.26. The maximum absolute atomic E-state index is 12.4. The first-order valence-electron chi connectivity index (χ1n) is 5.46. The molecule has 0 aliphatic rings. The summed E-state index contributed by atoms with van der Waals surface area (Å²) in [5, 5.41) is 18.2. The van der Waals surface area contributed by atoms with Crippen LogP contribution >= 0.6 is 11.6 Å². The number of carboxylic acids is 1. The zero-order valence-corrected chi connectivity index (χ0v) is 10.8. The van der Waals surface area contributed by atoms with Crippen LogP contribution in [0.1, 0.15) is 28.4 Å².